The summed E-state index contributed by atoms with van der Waals surface area (Å²) in [5, 5.41) is 23.7. The quantitative estimate of drug-likeness (QED) is 0.271. The summed E-state index contributed by atoms with van der Waals surface area (Å²) in [5.74, 6) is -0.562. The van der Waals surface area contributed by atoms with Gasteiger partial charge in [0, 0.05) is 11.8 Å². The average Bonchev–Trinajstić information content (AvgIpc) is 3.24. The predicted octanol–water partition coefficient (Wildman–Crippen LogP) is 13.2. The minimum absolute atomic E-state index is 0.142. The van der Waals surface area contributed by atoms with Gasteiger partial charge in [-0.15, -0.1) is 0 Å². The second-order valence-corrected chi connectivity index (χ2v) is 29.5. The lowest BCUT2D eigenvalue weighted by Gasteiger charge is -2.70. The number of carboxylic acids is 1. The lowest BCUT2D eigenvalue weighted by molar-refractivity contribution is -0.238. The van der Waals surface area contributed by atoms with Gasteiger partial charge in [0.2, 0.25) is 0 Å². The Kier molecular flexibility index (Phi) is 10.4. The van der Waals surface area contributed by atoms with E-state index >= 15 is 14.4 Å². The van der Waals surface area contributed by atoms with Crippen LogP contribution in [0.25, 0.3) is 0 Å². The molecule has 0 radical (unpaired) electrons. The SMILES string of the molecule is C[C@H]1[C@H](C)CC[C@]2(C)CC[C@]3(C)C(=CC(=O)[C@@H]4[C@@]5(C)CC[C@@H](OC(=O)C6(C)C7CC[C@]8(C)C(C(=O)C=C9[C@H]%10CC(C)(C)CC[C@]%10(C)CC[C@]98C)[C@@]7(C)CC[C@H]6O)C(C)(C(=O)O)C5CC[C@]43C)[C@H]12. The summed E-state index contributed by atoms with van der Waals surface area (Å²) in [6.45, 7) is 32.4. The highest BCUT2D eigenvalue weighted by molar-refractivity contribution is 5.97. The van der Waals surface area contributed by atoms with Crippen molar-refractivity contribution in [1.82, 2.24) is 0 Å². The Bertz CT molecular complexity index is 2240. The van der Waals surface area contributed by atoms with Crippen LogP contribution in [0.5, 0.6) is 0 Å². The van der Waals surface area contributed by atoms with Crippen LogP contribution in [0.2, 0.25) is 0 Å². The molecule has 8 saturated carbocycles. The smallest absolute Gasteiger partial charge is 0.315 e. The number of aliphatic hydroxyl groups is 1. The summed E-state index contributed by atoms with van der Waals surface area (Å²) in [5.41, 5.74) is -1.45. The van der Waals surface area contributed by atoms with Crippen LogP contribution in [0.1, 0.15) is 206 Å². The first-order valence-electron chi connectivity index (χ1n) is 27.5. The fraction of sp³-hybridized carbons (Fsp3) is 0.867. The van der Waals surface area contributed by atoms with Crippen molar-refractivity contribution in [3.8, 4) is 0 Å². The Labute approximate surface area is 404 Å². The van der Waals surface area contributed by atoms with E-state index in [1.807, 2.05) is 6.92 Å². The van der Waals surface area contributed by atoms with Crippen molar-refractivity contribution in [2.24, 2.45) is 107 Å². The van der Waals surface area contributed by atoms with Gasteiger partial charge >= 0.3 is 11.9 Å². The summed E-state index contributed by atoms with van der Waals surface area (Å²) >= 11 is 0. The van der Waals surface area contributed by atoms with Crippen LogP contribution >= 0.6 is 0 Å². The van der Waals surface area contributed by atoms with Gasteiger partial charge in [-0.3, -0.25) is 19.2 Å². The van der Waals surface area contributed by atoms with Crippen LogP contribution in [0.3, 0.4) is 0 Å². The summed E-state index contributed by atoms with van der Waals surface area (Å²) in [6, 6.07) is 0. The Morgan fingerprint density at radius 3 is 1.67 bits per heavy atom. The van der Waals surface area contributed by atoms with Gasteiger partial charge in [0.25, 0.3) is 0 Å². The molecule has 10 rings (SSSR count). The van der Waals surface area contributed by atoms with Crippen LogP contribution < -0.4 is 0 Å². The number of fused-ring (bicyclic) bond motifs is 14. The third kappa shape index (κ3) is 5.85. The van der Waals surface area contributed by atoms with Crippen molar-refractivity contribution in [2.45, 2.75) is 218 Å². The van der Waals surface area contributed by atoms with Gasteiger partial charge in [0.05, 0.1) is 11.5 Å². The zero-order valence-corrected chi connectivity index (χ0v) is 44.4. The molecule has 0 aliphatic heterocycles. The molecule has 372 valence electrons. The molecule has 7 heteroatoms. The molecule has 20 atom stereocenters. The molecule has 0 aromatic carbocycles. The third-order valence-corrected chi connectivity index (χ3v) is 26.3. The van der Waals surface area contributed by atoms with Gasteiger partial charge in [-0.2, -0.15) is 0 Å². The minimum atomic E-state index is -1.43. The summed E-state index contributed by atoms with van der Waals surface area (Å²) in [6.07, 6.45) is 17.5. The number of esters is 1. The van der Waals surface area contributed by atoms with E-state index in [0.29, 0.717) is 62.2 Å². The number of allylic oxidation sites excluding steroid dienone is 4. The number of aliphatic carboxylic acids is 1. The minimum Gasteiger partial charge on any atom is -0.481 e. The maximum atomic E-state index is 15.4. The first kappa shape index (κ1) is 48.4. The summed E-state index contributed by atoms with van der Waals surface area (Å²) in [4.78, 5) is 59.7. The zero-order chi connectivity index (χ0) is 48.9. The van der Waals surface area contributed by atoms with Gasteiger partial charge in [0.15, 0.2) is 11.6 Å². The maximum absolute atomic E-state index is 15.4. The number of rotatable bonds is 3. The number of carbonyl (C=O) groups excluding carboxylic acids is 3. The fourth-order valence-corrected chi connectivity index (χ4v) is 21.4. The number of hydrogen-bond acceptors (Lipinski definition) is 6. The molecule has 0 heterocycles. The second-order valence-electron chi connectivity index (χ2n) is 29.5. The predicted molar refractivity (Wildman–Crippen MR) is 262 cm³/mol. The van der Waals surface area contributed by atoms with E-state index in [9.17, 15) is 15.0 Å². The average molecular weight is 923 g/mol. The Morgan fingerprint density at radius 2 is 1.09 bits per heavy atom. The van der Waals surface area contributed by atoms with Gasteiger partial charge < -0.3 is 14.9 Å². The fourth-order valence-electron chi connectivity index (χ4n) is 21.4. The zero-order valence-electron chi connectivity index (χ0n) is 44.4. The third-order valence-electron chi connectivity index (χ3n) is 26.3. The number of hydrogen-bond donors (Lipinski definition) is 2. The van der Waals surface area contributed by atoms with Gasteiger partial charge in [-0.25, -0.2) is 0 Å². The van der Waals surface area contributed by atoms with Crippen LogP contribution in [0.15, 0.2) is 23.3 Å². The monoisotopic (exact) mass is 923 g/mol. The van der Waals surface area contributed by atoms with E-state index < -0.39 is 45.8 Å². The molecule has 0 amide bonds. The van der Waals surface area contributed by atoms with Crippen molar-refractivity contribution in [3.63, 3.8) is 0 Å². The molecule has 10 aliphatic carbocycles. The number of ketones is 2. The molecule has 0 spiro atoms. The van der Waals surface area contributed by atoms with Crippen molar-refractivity contribution < 1.29 is 34.1 Å². The van der Waals surface area contributed by atoms with E-state index in [4.69, 9.17) is 4.74 Å². The summed E-state index contributed by atoms with van der Waals surface area (Å²) in [7, 11) is 0. The molecular weight excluding hydrogens is 833 g/mol. The normalized spacial score (nSPS) is 56.4. The Morgan fingerprint density at radius 1 is 0.582 bits per heavy atom. The summed E-state index contributed by atoms with van der Waals surface area (Å²) < 4.78 is 6.77. The van der Waals surface area contributed by atoms with Crippen LogP contribution in [0, 0.1) is 107 Å². The molecule has 67 heavy (non-hydrogen) atoms. The van der Waals surface area contributed by atoms with E-state index in [1.165, 1.54) is 36.8 Å². The largest absolute Gasteiger partial charge is 0.481 e. The number of carboxylic acid groups (broad SMARTS) is 1. The standard InChI is InChI=1S/C60H90O7/c1-34-15-20-52(6)28-30-56(10)37(45(52)35(34)2)32-40(62)47-54(8)22-19-44(60(14,48(64)65)42(54)17-24-58(47,56)12)67-49(66)59(13)41-16-23-57(11)46(53(41,7)21-18-43(59)63)39(61)31-36-38-33-50(3,4)25-26-51(38,5)27-29-55(36,57)9/h31-32,34-35,38,41-47,63H,15-30,33H2,1-14H3,(H,64,65)/t34-,35+,38-,41?,42?,43-,44-,45+,46?,47-,51-,52-,53+,54+,55-,56-,57-,58-,59?,60?/m1/s1. The highest BCUT2D eigenvalue weighted by atomic mass is 16.5. The van der Waals surface area contributed by atoms with Gasteiger partial charge in [0.1, 0.15) is 11.5 Å². The highest BCUT2D eigenvalue weighted by Crippen LogP contribution is 2.78. The molecule has 0 aromatic heterocycles. The first-order valence-corrected chi connectivity index (χ1v) is 27.5. The first-order chi connectivity index (χ1) is 30.9. The highest BCUT2D eigenvalue weighted by Gasteiger charge is 2.75. The van der Waals surface area contributed by atoms with E-state index in [1.54, 1.807) is 6.92 Å². The van der Waals surface area contributed by atoms with Crippen LogP contribution in [0.4, 0.5) is 0 Å². The topological polar surface area (TPSA) is 118 Å². The molecule has 2 N–H and O–H groups in total. The lowest BCUT2D eigenvalue weighted by atomic mass is 9.33. The molecule has 8 fully saturated rings. The van der Waals surface area contributed by atoms with Crippen molar-refractivity contribution in [3.05, 3.63) is 23.3 Å². The van der Waals surface area contributed by atoms with Crippen molar-refractivity contribution in [1.29, 1.82) is 0 Å². The molecule has 0 aromatic rings. The Balaban J connectivity index is 0.954. The Hall–Kier alpha value is -2.28. The molecule has 0 saturated heterocycles. The van der Waals surface area contributed by atoms with Gasteiger partial charge in [-0.05, 0) is 219 Å². The van der Waals surface area contributed by atoms with Crippen molar-refractivity contribution >= 4 is 23.5 Å². The van der Waals surface area contributed by atoms with Gasteiger partial charge in [-0.1, -0.05) is 94.2 Å². The lowest BCUT2D eigenvalue weighted by Crippen LogP contribution is -2.69. The van der Waals surface area contributed by atoms with E-state index in [0.717, 1.165) is 44.9 Å². The maximum Gasteiger partial charge on any atom is 0.315 e. The van der Waals surface area contributed by atoms with Crippen LogP contribution in [-0.4, -0.2) is 45.9 Å². The number of carbonyl (C=O) groups is 4. The number of ether oxygens (including phenoxy) is 1. The molecule has 7 nitrogen and oxygen atoms in total. The van der Waals surface area contributed by atoms with E-state index in [2.05, 4.69) is 95.2 Å². The second kappa shape index (κ2) is 14.4. The van der Waals surface area contributed by atoms with Crippen molar-refractivity contribution in [2.75, 3.05) is 0 Å². The van der Waals surface area contributed by atoms with Crippen LogP contribution in [-0.2, 0) is 23.9 Å². The molecule has 10 aliphatic rings. The molecule has 0 bridgehead atoms. The molecule has 5 unspecified atom stereocenters. The number of aliphatic hydroxyl groups excluding tert-OH is 1. The molecular formula is C60H90O7. The van der Waals surface area contributed by atoms with E-state index in [-0.39, 0.29) is 73.1 Å².